The summed E-state index contributed by atoms with van der Waals surface area (Å²) in [6.07, 6.45) is 2.51. The molecule has 0 bridgehead atoms. The van der Waals surface area contributed by atoms with Crippen LogP contribution < -0.4 is 5.32 Å². The summed E-state index contributed by atoms with van der Waals surface area (Å²) in [6.45, 7) is 4.27. The molecule has 1 saturated carbocycles. The van der Waals surface area contributed by atoms with Crippen molar-refractivity contribution < 1.29 is 9.90 Å². The lowest BCUT2D eigenvalue weighted by Gasteiger charge is -2.24. The second-order valence-corrected chi connectivity index (χ2v) is 6.70. The molecule has 2 amide bonds. The fourth-order valence-electron chi connectivity index (χ4n) is 3.39. The van der Waals surface area contributed by atoms with E-state index in [9.17, 15) is 9.90 Å². The van der Waals surface area contributed by atoms with Gasteiger partial charge in [-0.2, -0.15) is 5.10 Å². The summed E-state index contributed by atoms with van der Waals surface area (Å²) >= 11 is 0. The van der Waals surface area contributed by atoms with Gasteiger partial charge in [0.2, 0.25) is 0 Å². The maximum atomic E-state index is 12.6. The second kappa shape index (κ2) is 7.23. The van der Waals surface area contributed by atoms with E-state index in [0.29, 0.717) is 18.1 Å². The second-order valence-electron chi connectivity index (χ2n) is 6.70. The number of nitrogens with zero attached hydrogens (tertiary/aromatic N) is 4. The van der Waals surface area contributed by atoms with Crippen LogP contribution in [-0.4, -0.2) is 50.5 Å². The van der Waals surface area contributed by atoms with Crippen LogP contribution in [-0.2, 0) is 0 Å². The molecular formula is C18H25N5O2. The number of urea groups is 1. The van der Waals surface area contributed by atoms with E-state index in [1.807, 2.05) is 38.1 Å². The number of aliphatic hydroxyl groups is 1. The van der Waals surface area contributed by atoms with E-state index in [0.717, 1.165) is 30.8 Å². The standard InChI is InChI=1S/C18H25N5O2/c1-12-19-13(2)23(21-12)16-9-5-4-8-15(16)20-18(25)22(3)11-14-7-6-10-17(14)24/h4-5,8-9,14,17,24H,6-7,10-11H2,1-3H3,(H,20,25). The number of aliphatic hydroxyl groups excluding tert-OH is 1. The molecule has 134 valence electrons. The number of benzene rings is 1. The highest BCUT2D eigenvalue weighted by Gasteiger charge is 2.27. The minimum atomic E-state index is -0.302. The molecule has 1 aromatic heterocycles. The van der Waals surface area contributed by atoms with Crippen LogP contribution in [0.4, 0.5) is 10.5 Å². The van der Waals surface area contributed by atoms with Crippen LogP contribution in [0.5, 0.6) is 0 Å². The SMILES string of the molecule is Cc1nc(C)n(-c2ccccc2NC(=O)N(C)CC2CCCC2O)n1. The number of amides is 2. The zero-order chi connectivity index (χ0) is 18.0. The molecule has 0 radical (unpaired) electrons. The zero-order valence-electron chi connectivity index (χ0n) is 14.9. The van der Waals surface area contributed by atoms with Crippen molar-refractivity contribution in [2.24, 2.45) is 5.92 Å². The summed E-state index contributed by atoms with van der Waals surface area (Å²) in [5, 5.41) is 17.3. The molecule has 7 heteroatoms. The third-order valence-electron chi connectivity index (χ3n) is 4.72. The molecule has 1 fully saturated rings. The van der Waals surface area contributed by atoms with Crippen LogP contribution in [0, 0.1) is 19.8 Å². The number of hydrogen-bond acceptors (Lipinski definition) is 4. The van der Waals surface area contributed by atoms with Crippen molar-refractivity contribution in [2.45, 2.75) is 39.2 Å². The molecule has 0 spiro atoms. The third-order valence-corrected chi connectivity index (χ3v) is 4.72. The van der Waals surface area contributed by atoms with Crippen LogP contribution >= 0.6 is 0 Å². The van der Waals surface area contributed by atoms with E-state index in [-0.39, 0.29) is 18.1 Å². The first-order chi connectivity index (χ1) is 12.0. The highest BCUT2D eigenvalue weighted by atomic mass is 16.3. The highest BCUT2D eigenvalue weighted by molar-refractivity contribution is 5.91. The minimum Gasteiger partial charge on any atom is -0.393 e. The van der Waals surface area contributed by atoms with Gasteiger partial charge in [-0.25, -0.2) is 14.5 Å². The zero-order valence-corrected chi connectivity index (χ0v) is 14.9. The predicted molar refractivity (Wildman–Crippen MR) is 95.8 cm³/mol. The molecule has 7 nitrogen and oxygen atoms in total. The number of carbonyl (C=O) groups excluding carboxylic acids is 1. The Morgan fingerprint density at radius 1 is 1.36 bits per heavy atom. The van der Waals surface area contributed by atoms with E-state index in [1.54, 1.807) is 16.6 Å². The van der Waals surface area contributed by atoms with Gasteiger partial charge in [0, 0.05) is 19.5 Å². The summed E-state index contributed by atoms with van der Waals surface area (Å²) < 4.78 is 1.73. The number of rotatable bonds is 4. The normalized spacial score (nSPS) is 19.8. The average molecular weight is 343 g/mol. The van der Waals surface area contributed by atoms with Gasteiger partial charge in [0.1, 0.15) is 11.6 Å². The third kappa shape index (κ3) is 3.82. The molecule has 0 aliphatic heterocycles. The number of hydrogen-bond donors (Lipinski definition) is 2. The highest BCUT2D eigenvalue weighted by Crippen LogP contribution is 2.26. The van der Waals surface area contributed by atoms with Crippen LogP contribution in [0.25, 0.3) is 5.69 Å². The van der Waals surface area contributed by atoms with Gasteiger partial charge in [0.15, 0.2) is 0 Å². The maximum Gasteiger partial charge on any atom is 0.321 e. The van der Waals surface area contributed by atoms with Crippen molar-refractivity contribution in [3.63, 3.8) is 0 Å². The Labute approximate surface area is 147 Å². The molecular weight excluding hydrogens is 318 g/mol. The van der Waals surface area contributed by atoms with Crippen molar-refractivity contribution in [1.29, 1.82) is 0 Å². The Kier molecular flexibility index (Phi) is 5.03. The predicted octanol–water partition coefficient (Wildman–Crippen LogP) is 2.51. The van der Waals surface area contributed by atoms with Crippen molar-refractivity contribution in [1.82, 2.24) is 19.7 Å². The van der Waals surface area contributed by atoms with Crippen LogP contribution in [0.1, 0.15) is 30.9 Å². The van der Waals surface area contributed by atoms with Gasteiger partial charge < -0.3 is 15.3 Å². The first-order valence-corrected chi connectivity index (χ1v) is 8.65. The van der Waals surface area contributed by atoms with Crippen LogP contribution in [0.2, 0.25) is 0 Å². The van der Waals surface area contributed by atoms with Gasteiger partial charge >= 0.3 is 6.03 Å². The maximum absolute atomic E-state index is 12.6. The molecule has 2 aromatic rings. The average Bonchev–Trinajstić information content (AvgIpc) is 3.13. The number of anilines is 1. The molecule has 3 rings (SSSR count). The number of para-hydroxylation sites is 2. The van der Waals surface area contributed by atoms with Crippen molar-refractivity contribution in [3.05, 3.63) is 35.9 Å². The van der Waals surface area contributed by atoms with Gasteiger partial charge in [0.25, 0.3) is 0 Å². The van der Waals surface area contributed by atoms with Gasteiger partial charge in [0.05, 0.1) is 17.5 Å². The molecule has 0 saturated heterocycles. The lowest BCUT2D eigenvalue weighted by molar-refractivity contribution is 0.116. The largest absolute Gasteiger partial charge is 0.393 e. The van der Waals surface area contributed by atoms with E-state index in [4.69, 9.17) is 0 Å². The Balaban J connectivity index is 1.74. The Bertz CT molecular complexity index is 758. The quantitative estimate of drug-likeness (QED) is 0.893. The van der Waals surface area contributed by atoms with Crippen LogP contribution in [0.3, 0.4) is 0 Å². The summed E-state index contributed by atoms with van der Waals surface area (Å²) in [4.78, 5) is 18.5. The smallest absolute Gasteiger partial charge is 0.321 e. The molecule has 1 heterocycles. The van der Waals surface area contributed by atoms with Gasteiger partial charge in [-0.15, -0.1) is 0 Å². The van der Waals surface area contributed by atoms with E-state index < -0.39 is 0 Å². The van der Waals surface area contributed by atoms with Crippen LogP contribution in [0.15, 0.2) is 24.3 Å². The first-order valence-electron chi connectivity index (χ1n) is 8.65. The number of nitrogens with one attached hydrogen (secondary N) is 1. The van der Waals surface area contributed by atoms with Gasteiger partial charge in [-0.3, -0.25) is 0 Å². The topological polar surface area (TPSA) is 83.3 Å². The summed E-state index contributed by atoms with van der Waals surface area (Å²) in [5.41, 5.74) is 1.46. The van der Waals surface area contributed by atoms with E-state index in [1.165, 1.54) is 0 Å². The van der Waals surface area contributed by atoms with E-state index >= 15 is 0 Å². The van der Waals surface area contributed by atoms with E-state index in [2.05, 4.69) is 15.4 Å². The first kappa shape index (κ1) is 17.4. The molecule has 2 unspecified atom stereocenters. The Morgan fingerprint density at radius 2 is 2.12 bits per heavy atom. The number of aromatic nitrogens is 3. The minimum absolute atomic E-state index is 0.159. The summed E-state index contributed by atoms with van der Waals surface area (Å²) in [6, 6.07) is 7.33. The summed E-state index contributed by atoms with van der Waals surface area (Å²) in [5.74, 6) is 1.61. The lowest BCUT2D eigenvalue weighted by atomic mass is 10.1. The lowest BCUT2D eigenvalue weighted by Crippen LogP contribution is -2.37. The monoisotopic (exact) mass is 343 g/mol. The molecule has 25 heavy (non-hydrogen) atoms. The van der Waals surface area contributed by atoms with Crippen molar-refractivity contribution in [3.8, 4) is 5.69 Å². The Morgan fingerprint density at radius 3 is 2.76 bits per heavy atom. The van der Waals surface area contributed by atoms with Crippen molar-refractivity contribution >= 4 is 11.7 Å². The summed E-state index contributed by atoms with van der Waals surface area (Å²) in [7, 11) is 1.76. The molecule has 2 N–H and O–H groups in total. The molecule has 1 aliphatic rings. The fourth-order valence-corrected chi connectivity index (χ4v) is 3.39. The van der Waals surface area contributed by atoms with Gasteiger partial charge in [-0.1, -0.05) is 18.6 Å². The van der Waals surface area contributed by atoms with Crippen molar-refractivity contribution in [2.75, 3.05) is 18.9 Å². The fraction of sp³-hybridized carbons (Fsp3) is 0.500. The van der Waals surface area contributed by atoms with Gasteiger partial charge in [-0.05, 0) is 38.8 Å². The molecule has 1 aromatic carbocycles. The molecule has 1 aliphatic carbocycles. The Hall–Kier alpha value is -2.41. The number of aryl methyl sites for hydroxylation is 2. The molecule has 2 atom stereocenters. The number of carbonyl (C=O) groups is 1.